The van der Waals surface area contributed by atoms with Gasteiger partial charge in [-0.15, -0.1) is 0 Å². The lowest BCUT2D eigenvalue weighted by Gasteiger charge is -1.98. The zero-order chi connectivity index (χ0) is 9.26. The van der Waals surface area contributed by atoms with Crippen molar-refractivity contribution in [2.24, 2.45) is 0 Å². The summed E-state index contributed by atoms with van der Waals surface area (Å²) in [6.45, 7) is 1.89. The monoisotopic (exact) mass is 193 g/mol. The molecule has 1 N–H and O–H groups in total. The number of rotatable bonds is 1. The molecule has 2 rings (SSSR count). The minimum atomic E-state index is 0.288. The lowest BCUT2D eigenvalue weighted by molar-refractivity contribution is 1.11. The van der Waals surface area contributed by atoms with Crippen LogP contribution >= 0.6 is 11.6 Å². The molecule has 0 aliphatic rings. The summed E-state index contributed by atoms with van der Waals surface area (Å²) in [4.78, 5) is 11.1. The first-order chi connectivity index (χ1) is 6.25. The van der Waals surface area contributed by atoms with Gasteiger partial charge in [-0.25, -0.2) is 9.97 Å². The minimum absolute atomic E-state index is 0.288. The van der Waals surface area contributed by atoms with Crippen molar-refractivity contribution in [3.8, 4) is 11.3 Å². The molecule has 0 bridgehead atoms. The first-order valence-electron chi connectivity index (χ1n) is 3.90. The van der Waals surface area contributed by atoms with Crippen molar-refractivity contribution in [2.75, 3.05) is 0 Å². The first kappa shape index (κ1) is 8.26. The number of aromatic amines is 1. The van der Waals surface area contributed by atoms with Gasteiger partial charge < -0.3 is 4.98 Å². The van der Waals surface area contributed by atoms with Crippen LogP contribution in [-0.4, -0.2) is 15.0 Å². The van der Waals surface area contributed by atoms with Gasteiger partial charge in [-0.1, -0.05) is 0 Å². The van der Waals surface area contributed by atoms with Gasteiger partial charge in [0.05, 0.1) is 5.69 Å². The smallest absolute Gasteiger partial charge is 0.223 e. The number of H-pyrrole nitrogens is 1. The van der Waals surface area contributed by atoms with E-state index >= 15 is 0 Å². The molecule has 0 saturated heterocycles. The Balaban J connectivity index is 2.53. The zero-order valence-electron chi connectivity index (χ0n) is 7.08. The molecule has 0 saturated carbocycles. The maximum Gasteiger partial charge on any atom is 0.223 e. The second-order valence-corrected chi connectivity index (χ2v) is 3.10. The normalized spacial score (nSPS) is 10.3. The number of hydrogen-bond donors (Lipinski definition) is 1. The molecule has 0 aliphatic heterocycles. The van der Waals surface area contributed by atoms with Gasteiger partial charge in [0.15, 0.2) is 0 Å². The Kier molecular flexibility index (Phi) is 2.02. The standard InChI is InChI=1S/C9H8ClN3/c1-6-4-8(13-9(10)12-6)7-2-3-11-5-7/h2-5,11H,1H3. The first-order valence-corrected chi connectivity index (χ1v) is 4.28. The molecule has 66 valence electrons. The fourth-order valence-corrected chi connectivity index (χ4v) is 1.39. The van der Waals surface area contributed by atoms with Gasteiger partial charge >= 0.3 is 0 Å². The van der Waals surface area contributed by atoms with Crippen LogP contribution in [0.2, 0.25) is 5.28 Å². The van der Waals surface area contributed by atoms with Crippen molar-refractivity contribution in [3.63, 3.8) is 0 Å². The second-order valence-electron chi connectivity index (χ2n) is 2.76. The van der Waals surface area contributed by atoms with Crippen molar-refractivity contribution in [2.45, 2.75) is 6.92 Å². The van der Waals surface area contributed by atoms with Crippen molar-refractivity contribution in [3.05, 3.63) is 35.5 Å². The van der Waals surface area contributed by atoms with Crippen LogP contribution in [0.5, 0.6) is 0 Å². The predicted molar refractivity (Wildman–Crippen MR) is 51.6 cm³/mol. The van der Waals surface area contributed by atoms with Crippen LogP contribution in [0.1, 0.15) is 5.69 Å². The molecule has 0 fully saturated rings. The lowest BCUT2D eigenvalue weighted by Crippen LogP contribution is -1.89. The highest BCUT2D eigenvalue weighted by Gasteiger charge is 2.02. The van der Waals surface area contributed by atoms with Crippen LogP contribution in [0.25, 0.3) is 11.3 Å². The summed E-state index contributed by atoms with van der Waals surface area (Å²) < 4.78 is 0. The van der Waals surface area contributed by atoms with Crippen LogP contribution in [-0.2, 0) is 0 Å². The quantitative estimate of drug-likeness (QED) is 0.707. The zero-order valence-corrected chi connectivity index (χ0v) is 7.84. The molecule has 0 spiro atoms. The van der Waals surface area contributed by atoms with Gasteiger partial charge in [0.1, 0.15) is 0 Å². The third-order valence-corrected chi connectivity index (χ3v) is 1.89. The molecule has 13 heavy (non-hydrogen) atoms. The Morgan fingerprint density at radius 2 is 2.23 bits per heavy atom. The highest BCUT2D eigenvalue weighted by Crippen LogP contribution is 2.17. The summed E-state index contributed by atoms with van der Waals surface area (Å²) in [6, 6.07) is 3.84. The average Bonchev–Trinajstić information content (AvgIpc) is 2.53. The fourth-order valence-electron chi connectivity index (χ4n) is 1.16. The van der Waals surface area contributed by atoms with Gasteiger partial charge in [-0.05, 0) is 30.7 Å². The topological polar surface area (TPSA) is 41.6 Å². The van der Waals surface area contributed by atoms with Crippen molar-refractivity contribution < 1.29 is 0 Å². The Labute approximate surface area is 80.8 Å². The van der Waals surface area contributed by atoms with E-state index < -0.39 is 0 Å². The largest absolute Gasteiger partial charge is 0.367 e. The molecule has 4 heteroatoms. The van der Waals surface area contributed by atoms with E-state index in [-0.39, 0.29) is 5.28 Å². The van der Waals surface area contributed by atoms with E-state index in [2.05, 4.69) is 15.0 Å². The van der Waals surface area contributed by atoms with E-state index in [0.29, 0.717) is 0 Å². The van der Waals surface area contributed by atoms with E-state index in [9.17, 15) is 0 Å². The molecule has 0 aromatic carbocycles. The predicted octanol–water partition coefficient (Wildman–Crippen LogP) is 2.43. The lowest BCUT2D eigenvalue weighted by atomic mass is 10.2. The Bertz CT molecular complexity index is 389. The number of nitrogens with one attached hydrogen (secondary N) is 1. The van der Waals surface area contributed by atoms with Crippen LogP contribution < -0.4 is 0 Å². The third-order valence-electron chi connectivity index (χ3n) is 1.72. The summed E-state index contributed by atoms with van der Waals surface area (Å²) in [5, 5.41) is 0.288. The molecule has 0 atom stereocenters. The Hall–Kier alpha value is -1.35. The maximum absolute atomic E-state index is 5.73. The molecule has 0 radical (unpaired) electrons. The van der Waals surface area contributed by atoms with E-state index in [1.54, 1.807) is 0 Å². The van der Waals surface area contributed by atoms with Crippen LogP contribution in [0.3, 0.4) is 0 Å². The molecule has 3 nitrogen and oxygen atoms in total. The summed E-state index contributed by atoms with van der Waals surface area (Å²) in [5.41, 5.74) is 2.74. The summed E-state index contributed by atoms with van der Waals surface area (Å²) >= 11 is 5.73. The van der Waals surface area contributed by atoms with Gasteiger partial charge in [-0.3, -0.25) is 0 Å². The minimum Gasteiger partial charge on any atom is -0.367 e. The molecule has 0 amide bonds. The number of hydrogen-bond acceptors (Lipinski definition) is 2. The Morgan fingerprint density at radius 3 is 2.85 bits per heavy atom. The van der Waals surface area contributed by atoms with Gasteiger partial charge in [0.2, 0.25) is 5.28 Å². The van der Waals surface area contributed by atoms with E-state index in [0.717, 1.165) is 17.0 Å². The molecular formula is C9H8ClN3. The van der Waals surface area contributed by atoms with Gasteiger partial charge in [0, 0.05) is 23.7 Å². The number of nitrogens with zero attached hydrogens (tertiary/aromatic N) is 2. The third kappa shape index (κ3) is 1.70. The molecule has 0 aliphatic carbocycles. The number of aryl methyl sites for hydroxylation is 1. The van der Waals surface area contributed by atoms with Gasteiger partial charge in [-0.2, -0.15) is 0 Å². The molecular weight excluding hydrogens is 186 g/mol. The molecule has 2 aromatic rings. The van der Waals surface area contributed by atoms with E-state index in [1.165, 1.54) is 0 Å². The highest BCUT2D eigenvalue weighted by atomic mass is 35.5. The molecule has 2 heterocycles. The summed E-state index contributed by atoms with van der Waals surface area (Å²) in [5.74, 6) is 0. The van der Waals surface area contributed by atoms with Crippen LogP contribution in [0.4, 0.5) is 0 Å². The SMILES string of the molecule is Cc1cc(-c2cc[nH]c2)nc(Cl)n1. The van der Waals surface area contributed by atoms with Crippen LogP contribution in [0, 0.1) is 6.92 Å². The summed E-state index contributed by atoms with van der Waals surface area (Å²) in [6.07, 6.45) is 3.72. The fraction of sp³-hybridized carbons (Fsp3) is 0.111. The van der Waals surface area contributed by atoms with Crippen molar-refractivity contribution in [1.82, 2.24) is 15.0 Å². The van der Waals surface area contributed by atoms with Gasteiger partial charge in [0.25, 0.3) is 0 Å². The van der Waals surface area contributed by atoms with Crippen molar-refractivity contribution >= 4 is 11.6 Å². The molecule has 2 aromatic heterocycles. The highest BCUT2D eigenvalue weighted by molar-refractivity contribution is 6.28. The number of halogens is 1. The average molecular weight is 194 g/mol. The molecule has 0 unspecified atom stereocenters. The second kappa shape index (κ2) is 3.18. The Morgan fingerprint density at radius 1 is 1.38 bits per heavy atom. The summed E-state index contributed by atoms with van der Waals surface area (Å²) in [7, 11) is 0. The maximum atomic E-state index is 5.73. The number of aromatic nitrogens is 3. The van der Waals surface area contributed by atoms with Crippen LogP contribution in [0.15, 0.2) is 24.5 Å². The van der Waals surface area contributed by atoms with Crippen molar-refractivity contribution in [1.29, 1.82) is 0 Å². The van der Waals surface area contributed by atoms with E-state index in [4.69, 9.17) is 11.6 Å². The van der Waals surface area contributed by atoms with E-state index in [1.807, 2.05) is 31.5 Å².